The van der Waals surface area contributed by atoms with Gasteiger partial charge in [0.15, 0.2) is 11.5 Å². The molecule has 21 heavy (non-hydrogen) atoms. The van der Waals surface area contributed by atoms with Crippen LogP contribution in [0.15, 0.2) is 48.5 Å². The van der Waals surface area contributed by atoms with Crippen molar-refractivity contribution in [1.29, 1.82) is 0 Å². The lowest BCUT2D eigenvalue weighted by atomic mass is 10.2. The topological polar surface area (TPSA) is 73.6 Å². The van der Waals surface area contributed by atoms with E-state index >= 15 is 0 Å². The molecular formula is C16H16N2O3. The summed E-state index contributed by atoms with van der Waals surface area (Å²) in [5.74, 6) is 0.629. The molecule has 0 unspecified atom stereocenters. The number of anilines is 1. The lowest BCUT2D eigenvalue weighted by molar-refractivity contribution is -0.127. The quantitative estimate of drug-likeness (QED) is 0.899. The van der Waals surface area contributed by atoms with Crippen molar-refractivity contribution < 1.29 is 14.3 Å². The van der Waals surface area contributed by atoms with Crippen LogP contribution in [-0.2, 0) is 11.3 Å². The predicted molar refractivity (Wildman–Crippen MR) is 79.3 cm³/mol. The Hall–Kier alpha value is -2.69. The molecule has 1 heterocycles. The van der Waals surface area contributed by atoms with E-state index < -0.39 is 12.0 Å². The number of primary amides is 1. The summed E-state index contributed by atoms with van der Waals surface area (Å²) in [6.07, 6.45) is -0.734. The summed E-state index contributed by atoms with van der Waals surface area (Å²) >= 11 is 0. The fourth-order valence-electron chi connectivity index (χ4n) is 2.12. The summed E-state index contributed by atoms with van der Waals surface area (Å²) in [4.78, 5) is 11.2. The first kappa shape index (κ1) is 13.3. The predicted octanol–water partition coefficient (Wildman–Crippen LogP) is 1.92. The first-order valence-corrected chi connectivity index (χ1v) is 6.73. The highest BCUT2D eigenvalue weighted by Gasteiger charge is 2.25. The molecule has 0 saturated carbocycles. The summed E-state index contributed by atoms with van der Waals surface area (Å²) in [7, 11) is 0. The van der Waals surface area contributed by atoms with E-state index in [0.717, 1.165) is 5.69 Å². The van der Waals surface area contributed by atoms with Crippen LogP contribution in [0.25, 0.3) is 0 Å². The van der Waals surface area contributed by atoms with Gasteiger partial charge in [0.2, 0.25) is 6.10 Å². The molecule has 0 spiro atoms. The summed E-state index contributed by atoms with van der Waals surface area (Å²) in [6.45, 7) is 0.860. The monoisotopic (exact) mass is 284 g/mol. The Balaban J connectivity index is 1.71. The zero-order valence-corrected chi connectivity index (χ0v) is 11.4. The number of ether oxygens (including phenoxy) is 2. The van der Waals surface area contributed by atoms with Crippen molar-refractivity contribution in [2.24, 2.45) is 5.73 Å². The van der Waals surface area contributed by atoms with Crippen LogP contribution in [-0.4, -0.2) is 18.6 Å². The molecule has 5 nitrogen and oxygen atoms in total. The normalized spacial score (nSPS) is 16.3. The molecule has 3 N–H and O–H groups in total. The molecule has 0 radical (unpaired) electrons. The first-order valence-electron chi connectivity index (χ1n) is 6.73. The highest BCUT2D eigenvalue weighted by atomic mass is 16.6. The molecule has 3 rings (SSSR count). The standard InChI is InChI=1S/C16H16N2O3/c17-16(19)15-10-20-13-7-6-12(8-14(13)21-15)18-9-11-4-2-1-3-5-11/h1-8,15,18H,9-10H2,(H2,17,19)/t15-/m1/s1. The molecule has 0 bridgehead atoms. The van der Waals surface area contributed by atoms with Crippen LogP contribution in [0.3, 0.4) is 0 Å². The van der Waals surface area contributed by atoms with Crippen molar-refractivity contribution in [3.8, 4) is 11.5 Å². The summed E-state index contributed by atoms with van der Waals surface area (Å²) in [5, 5.41) is 3.30. The number of nitrogens with one attached hydrogen (secondary N) is 1. The Labute approximate surface area is 122 Å². The van der Waals surface area contributed by atoms with Gasteiger partial charge in [0.05, 0.1) is 0 Å². The highest BCUT2D eigenvalue weighted by molar-refractivity contribution is 5.80. The molecular weight excluding hydrogens is 268 g/mol. The Morgan fingerprint density at radius 2 is 2.00 bits per heavy atom. The molecule has 0 aliphatic carbocycles. The van der Waals surface area contributed by atoms with E-state index in [1.165, 1.54) is 5.56 Å². The van der Waals surface area contributed by atoms with Gasteiger partial charge in [0, 0.05) is 18.3 Å². The van der Waals surface area contributed by atoms with E-state index in [-0.39, 0.29) is 6.61 Å². The van der Waals surface area contributed by atoms with E-state index in [1.54, 1.807) is 0 Å². The zero-order chi connectivity index (χ0) is 14.7. The van der Waals surface area contributed by atoms with Gasteiger partial charge in [-0.3, -0.25) is 4.79 Å². The number of amides is 1. The van der Waals surface area contributed by atoms with Crippen molar-refractivity contribution in [2.75, 3.05) is 11.9 Å². The van der Waals surface area contributed by atoms with Gasteiger partial charge in [-0.15, -0.1) is 0 Å². The van der Waals surface area contributed by atoms with Crippen LogP contribution >= 0.6 is 0 Å². The summed E-state index contributed by atoms with van der Waals surface area (Å²) in [6, 6.07) is 15.6. The first-order chi connectivity index (χ1) is 10.2. The average Bonchev–Trinajstić information content (AvgIpc) is 2.53. The number of fused-ring (bicyclic) bond motifs is 1. The molecule has 2 aromatic rings. The minimum Gasteiger partial charge on any atom is -0.485 e. The SMILES string of the molecule is NC(=O)[C@H]1COc2ccc(NCc3ccccc3)cc2O1. The van der Waals surface area contributed by atoms with Gasteiger partial charge in [0.25, 0.3) is 5.91 Å². The minimum absolute atomic E-state index is 0.152. The van der Waals surface area contributed by atoms with Crippen LogP contribution in [0.5, 0.6) is 11.5 Å². The van der Waals surface area contributed by atoms with E-state index in [2.05, 4.69) is 5.32 Å². The van der Waals surface area contributed by atoms with Crippen LogP contribution in [0.4, 0.5) is 5.69 Å². The van der Waals surface area contributed by atoms with Crippen LogP contribution in [0.1, 0.15) is 5.56 Å². The van der Waals surface area contributed by atoms with Gasteiger partial charge >= 0.3 is 0 Å². The molecule has 0 aromatic heterocycles. The zero-order valence-electron chi connectivity index (χ0n) is 11.4. The smallest absolute Gasteiger partial charge is 0.262 e. The molecule has 1 aliphatic heterocycles. The Morgan fingerprint density at radius 3 is 2.76 bits per heavy atom. The number of carbonyl (C=O) groups excluding carboxylic acids is 1. The molecule has 1 amide bonds. The second-order valence-electron chi connectivity index (χ2n) is 4.82. The third kappa shape index (κ3) is 3.08. The molecule has 5 heteroatoms. The maximum atomic E-state index is 11.2. The molecule has 0 saturated heterocycles. The van der Waals surface area contributed by atoms with Gasteiger partial charge in [-0.25, -0.2) is 0 Å². The second-order valence-corrected chi connectivity index (χ2v) is 4.82. The van der Waals surface area contributed by atoms with Crippen LogP contribution in [0, 0.1) is 0 Å². The van der Waals surface area contributed by atoms with Crippen molar-refractivity contribution in [3.05, 3.63) is 54.1 Å². The summed E-state index contributed by atoms with van der Waals surface area (Å²) < 4.78 is 11.0. The molecule has 0 fully saturated rings. The number of nitrogens with two attached hydrogens (primary N) is 1. The fourth-order valence-corrected chi connectivity index (χ4v) is 2.12. The number of hydrogen-bond donors (Lipinski definition) is 2. The average molecular weight is 284 g/mol. The fraction of sp³-hybridized carbons (Fsp3) is 0.188. The Bertz CT molecular complexity index is 643. The molecule has 108 valence electrons. The van der Waals surface area contributed by atoms with Crippen molar-refractivity contribution in [3.63, 3.8) is 0 Å². The largest absolute Gasteiger partial charge is 0.485 e. The van der Waals surface area contributed by atoms with E-state index in [4.69, 9.17) is 15.2 Å². The maximum Gasteiger partial charge on any atom is 0.262 e. The van der Waals surface area contributed by atoms with Crippen molar-refractivity contribution >= 4 is 11.6 Å². The molecule has 1 atom stereocenters. The van der Waals surface area contributed by atoms with Gasteiger partial charge in [-0.1, -0.05) is 30.3 Å². The van der Waals surface area contributed by atoms with Crippen molar-refractivity contribution in [1.82, 2.24) is 0 Å². The van der Waals surface area contributed by atoms with Gasteiger partial charge in [-0.05, 0) is 17.7 Å². The highest BCUT2D eigenvalue weighted by Crippen LogP contribution is 2.34. The lowest BCUT2D eigenvalue weighted by Gasteiger charge is -2.24. The number of carbonyl (C=O) groups is 1. The lowest BCUT2D eigenvalue weighted by Crippen LogP contribution is -2.40. The third-order valence-electron chi connectivity index (χ3n) is 3.26. The molecule has 2 aromatic carbocycles. The third-order valence-corrected chi connectivity index (χ3v) is 3.26. The number of hydrogen-bond acceptors (Lipinski definition) is 4. The van der Waals surface area contributed by atoms with E-state index in [9.17, 15) is 4.79 Å². The van der Waals surface area contributed by atoms with Crippen LogP contribution < -0.4 is 20.5 Å². The van der Waals surface area contributed by atoms with Gasteiger partial charge in [0.1, 0.15) is 6.61 Å². The van der Waals surface area contributed by atoms with Crippen molar-refractivity contribution in [2.45, 2.75) is 12.6 Å². The van der Waals surface area contributed by atoms with Gasteiger partial charge in [-0.2, -0.15) is 0 Å². The van der Waals surface area contributed by atoms with E-state index in [0.29, 0.717) is 18.0 Å². The second kappa shape index (κ2) is 5.75. The summed E-state index contributed by atoms with van der Waals surface area (Å²) in [5.41, 5.74) is 7.32. The minimum atomic E-state index is -0.734. The van der Waals surface area contributed by atoms with E-state index in [1.807, 2.05) is 48.5 Å². The number of rotatable bonds is 4. The van der Waals surface area contributed by atoms with Gasteiger partial charge < -0.3 is 20.5 Å². The molecule has 1 aliphatic rings. The van der Waals surface area contributed by atoms with Crippen LogP contribution in [0.2, 0.25) is 0 Å². The Morgan fingerprint density at radius 1 is 1.19 bits per heavy atom. The maximum absolute atomic E-state index is 11.2. The Kier molecular flexibility index (Phi) is 3.64. The number of benzene rings is 2.